The number of carbonyl (C=O) groups excluding carboxylic acids is 2. The largest absolute Gasteiger partial charge is 0.351 e. The van der Waals surface area contributed by atoms with Gasteiger partial charge in [0.15, 0.2) is 0 Å². The summed E-state index contributed by atoms with van der Waals surface area (Å²) in [6.45, 7) is 0. The average Bonchev–Trinajstić information content (AvgIpc) is 2.46. The molecule has 0 spiro atoms. The van der Waals surface area contributed by atoms with E-state index in [2.05, 4.69) is 5.32 Å². The predicted molar refractivity (Wildman–Crippen MR) is 82.1 cm³/mol. The Kier molecular flexibility index (Phi) is 4.95. The fourth-order valence-electron chi connectivity index (χ4n) is 2.11. The van der Waals surface area contributed by atoms with Crippen LogP contribution in [-0.4, -0.2) is 11.9 Å². The molecule has 2 aromatic carbocycles. The zero-order valence-corrected chi connectivity index (χ0v) is 12.0. The lowest BCUT2D eigenvalue weighted by atomic mass is 9.91. The predicted octanol–water partition coefficient (Wildman–Crippen LogP) is 2.86. The van der Waals surface area contributed by atoms with Crippen LogP contribution in [0.4, 0.5) is 4.79 Å². The molecule has 0 bridgehead atoms. The number of imide groups is 1. The van der Waals surface area contributed by atoms with E-state index < -0.39 is 17.9 Å². The number of amides is 3. The Morgan fingerprint density at radius 3 is 2.24 bits per heavy atom. The molecule has 2 aromatic rings. The minimum atomic E-state index is -0.850. The second kappa shape index (κ2) is 6.90. The topological polar surface area (TPSA) is 72.2 Å². The highest BCUT2D eigenvalue weighted by Gasteiger charge is 2.22. The molecule has 0 aliphatic heterocycles. The summed E-state index contributed by atoms with van der Waals surface area (Å²) in [6.07, 6.45) is 0.459. The van der Waals surface area contributed by atoms with Crippen molar-refractivity contribution in [2.45, 2.75) is 12.3 Å². The summed E-state index contributed by atoms with van der Waals surface area (Å²) in [5.74, 6) is -0.900. The molecule has 0 unspecified atom stereocenters. The number of hydrogen-bond donors (Lipinski definition) is 2. The van der Waals surface area contributed by atoms with Gasteiger partial charge in [-0.25, -0.2) is 4.79 Å². The van der Waals surface area contributed by atoms with Crippen molar-refractivity contribution < 1.29 is 9.59 Å². The van der Waals surface area contributed by atoms with Crippen molar-refractivity contribution in [2.75, 3.05) is 0 Å². The third kappa shape index (κ3) is 4.33. The van der Waals surface area contributed by atoms with Gasteiger partial charge in [0.05, 0.1) is 5.92 Å². The lowest BCUT2D eigenvalue weighted by Crippen LogP contribution is -2.38. The molecule has 2 rings (SSSR count). The molecule has 0 aromatic heterocycles. The summed E-state index contributed by atoms with van der Waals surface area (Å²) >= 11 is 5.86. The van der Waals surface area contributed by atoms with Gasteiger partial charge in [-0.2, -0.15) is 0 Å². The van der Waals surface area contributed by atoms with Crippen LogP contribution in [0.2, 0.25) is 5.02 Å². The summed E-state index contributed by atoms with van der Waals surface area (Å²) in [7, 11) is 0. The number of nitrogens with two attached hydrogens (primary N) is 1. The molecule has 3 N–H and O–H groups in total. The van der Waals surface area contributed by atoms with Gasteiger partial charge in [-0.15, -0.1) is 0 Å². The number of primary amides is 1. The third-order valence-corrected chi connectivity index (χ3v) is 3.37. The second-order valence-electron chi connectivity index (χ2n) is 4.65. The van der Waals surface area contributed by atoms with Crippen LogP contribution >= 0.6 is 11.6 Å². The first-order valence-corrected chi connectivity index (χ1v) is 6.84. The summed E-state index contributed by atoms with van der Waals surface area (Å²) in [6, 6.07) is 15.7. The third-order valence-electron chi connectivity index (χ3n) is 3.12. The van der Waals surface area contributed by atoms with Crippen LogP contribution in [0.25, 0.3) is 0 Å². The SMILES string of the molecule is NC(=O)NC(=O)[C@H](Cc1ccc(Cl)cc1)c1ccccc1. The number of halogens is 1. The smallest absolute Gasteiger partial charge is 0.318 e. The van der Waals surface area contributed by atoms with Gasteiger partial charge in [0.1, 0.15) is 0 Å². The van der Waals surface area contributed by atoms with Crippen molar-refractivity contribution in [1.29, 1.82) is 0 Å². The van der Waals surface area contributed by atoms with E-state index in [1.165, 1.54) is 0 Å². The molecule has 0 aliphatic carbocycles. The highest BCUT2D eigenvalue weighted by Crippen LogP contribution is 2.22. The standard InChI is InChI=1S/C16H15ClN2O2/c17-13-8-6-11(7-9-13)10-14(15(20)19-16(18)21)12-4-2-1-3-5-12/h1-9,14H,10H2,(H3,18,19,20,21)/t14-/m1/s1. The summed E-state index contributed by atoms with van der Waals surface area (Å²) in [5.41, 5.74) is 6.81. The number of benzene rings is 2. The lowest BCUT2D eigenvalue weighted by molar-refractivity contribution is -0.121. The molecule has 108 valence electrons. The zero-order chi connectivity index (χ0) is 15.2. The molecule has 0 saturated heterocycles. The summed E-state index contributed by atoms with van der Waals surface area (Å²) in [4.78, 5) is 23.1. The molecule has 5 heteroatoms. The Morgan fingerprint density at radius 2 is 1.67 bits per heavy atom. The van der Waals surface area contributed by atoms with Crippen LogP contribution < -0.4 is 11.1 Å². The maximum atomic E-state index is 12.2. The molecule has 0 radical (unpaired) electrons. The van der Waals surface area contributed by atoms with Gasteiger partial charge in [0.25, 0.3) is 0 Å². The zero-order valence-electron chi connectivity index (χ0n) is 11.3. The van der Waals surface area contributed by atoms with Crippen LogP contribution in [0.15, 0.2) is 54.6 Å². The summed E-state index contributed by atoms with van der Waals surface area (Å²) < 4.78 is 0. The maximum absolute atomic E-state index is 12.2. The number of nitrogens with one attached hydrogen (secondary N) is 1. The van der Waals surface area contributed by atoms with Gasteiger partial charge in [-0.3, -0.25) is 10.1 Å². The number of carbonyl (C=O) groups is 2. The molecule has 4 nitrogen and oxygen atoms in total. The van der Waals surface area contributed by atoms with E-state index in [1.54, 1.807) is 12.1 Å². The van der Waals surface area contributed by atoms with Gasteiger partial charge < -0.3 is 5.73 Å². The number of urea groups is 1. The van der Waals surface area contributed by atoms with Gasteiger partial charge in [-0.05, 0) is 29.7 Å². The van der Waals surface area contributed by atoms with Crippen molar-refractivity contribution in [3.8, 4) is 0 Å². The molecular weight excluding hydrogens is 288 g/mol. The Hall–Kier alpha value is -2.33. The van der Waals surface area contributed by atoms with Crippen molar-refractivity contribution in [1.82, 2.24) is 5.32 Å². The fraction of sp³-hybridized carbons (Fsp3) is 0.125. The van der Waals surface area contributed by atoms with E-state index in [-0.39, 0.29) is 0 Å². The molecule has 21 heavy (non-hydrogen) atoms. The van der Waals surface area contributed by atoms with Gasteiger partial charge in [-0.1, -0.05) is 54.1 Å². The Balaban J connectivity index is 2.25. The van der Waals surface area contributed by atoms with E-state index in [9.17, 15) is 9.59 Å². The van der Waals surface area contributed by atoms with Crippen molar-refractivity contribution in [2.24, 2.45) is 5.73 Å². The van der Waals surface area contributed by atoms with Crippen LogP contribution in [0.3, 0.4) is 0 Å². The Bertz CT molecular complexity index is 626. The quantitative estimate of drug-likeness (QED) is 0.911. The minimum absolute atomic E-state index is 0.413. The Labute approximate surface area is 127 Å². The second-order valence-corrected chi connectivity index (χ2v) is 5.08. The Morgan fingerprint density at radius 1 is 1.05 bits per heavy atom. The van der Waals surface area contributed by atoms with E-state index >= 15 is 0 Å². The van der Waals surface area contributed by atoms with Gasteiger partial charge in [0, 0.05) is 5.02 Å². The molecule has 0 saturated carbocycles. The molecule has 3 amide bonds. The molecule has 0 fully saturated rings. The first-order chi connectivity index (χ1) is 10.1. The first-order valence-electron chi connectivity index (χ1n) is 6.46. The van der Waals surface area contributed by atoms with Crippen LogP contribution in [0, 0.1) is 0 Å². The molecule has 1 atom stereocenters. The number of hydrogen-bond acceptors (Lipinski definition) is 2. The molecular formula is C16H15ClN2O2. The van der Waals surface area contributed by atoms with Gasteiger partial charge in [0.2, 0.25) is 5.91 Å². The van der Waals surface area contributed by atoms with Crippen LogP contribution in [0.1, 0.15) is 17.0 Å². The highest BCUT2D eigenvalue weighted by molar-refractivity contribution is 6.30. The van der Waals surface area contributed by atoms with Crippen LogP contribution in [-0.2, 0) is 11.2 Å². The average molecular weight is 303 g/mol. The van der Waals surface area contributed by atoms with Gasteiger partial charge >= 0.3 is 6.03 Å². The molecule has 0 heterocycles. The normalized spacial score (nSPS) is 11.7. The van der Waals surface area contributed by atoms with E-state index in [0.29, 0.717) is 11.4 Å². The maximum Gasteiger partial charge on any atom is 0.318 e. The van der Waals surface area contributed by atoms with Crippen molar-refractivity contribution >= 4 is 23.5 Å². The van der Waals surface area contributed by atoms with Crippen molar-refractivity contribution in [3.63, 3.8) is 0 Å². The molecule has 0 aliphatic rings. The van der Waals surface area contributed by atoms with Crippen molar-refractivity contribution in [3.05, 3.63) is 70.7 Å². The lowest BCUT2D eigenvalue weighted by Gasteiger charge is -2.16. The van der Waals surface area contributed by atoms with Crippen LogP contribution in [0.5, 0.6) is 0 Å². The first kappa shape index (κ1) is 15.1. The fourth-order valence-corrected chi connectivity index (χ4v) is 2.24. The van der Waals surface area contributed by atoms with E-state index in [4.69, 9.17) is 17.3 Å². The minimum Gasteiger partial charge on any atom is -0.351 e. The number of rotatable bonds is 4. The summed E-state index contributed by atoms with van der Waals surface area (Å²) in [5, 5.41) is 2.78. The van der Waals surface area contributed by atoms with E-state index in [0.717, 1.165) is 11.1 Å². The van der Waals surface area contributed by atoms with E-state index in [1.807, 2.05) is 42.5 Å². The highest BCUT2D eigenvalue weighted by atomic mass is 35.5. The monoisotopic (exact) mass is 302 g/mol.